The Morgan fingerprint density at radius 2 is 1.77 bits per heavy atom. The monoisotopic (exact) mass is 484 g/mol. The van der Waals surface area contributed by atoms with Gasteiger partial charge in [-0.3, -0.25) is 14.4 Å². The number of hydrogen-bond acceptors (Lipinski definition) is 4. The first-order valence-corrected chi connectivity index (χ1v) is 12.0. The summed E-state index contributed by atoms with van der Waals surface area (Å²) in [5.74, 6) is -3.31. The van der Waals surface area contributed by atoms with Gasteiger partial charge >= 0.3 is 0 Å². The van der Waals surface area contributed by atoms with Gasteiger partial charge in [-0.05, 0) is 57.4 Å². The van der Waals surface area contributed by atoms with Gasteiger partial charge in [-0.25, -0.2) is 8.78 Å². The van der Waals surface area contributed by atoms with Crippen LogP contribution in [0.15, 0.2) is 36.4 Å². The molecule has 0 saturated carbocycles. The van der Waals surface area contributed by atoms with Gasteiger partial charge in [0.25, 0.3) is 11.8 Å². The molecule has 2 N–H and O–H groups in total. The van der Waals surface area contributed by atoms with Crippen LogP contribution < -0.4 is 15.5 Å². The summed E-state index contributed by atoms with van der Waals surface area (Å²) in [7, 11) is 0. The van der Waals surface area contributed by atoms with Crippen LogP contribution in [0.5, 0.6) is 0 Å². The van der Waals surface area contributed by atoms with Crippen LogP contribution in [0.3, 0.4) is 0 Å². The molecular weight excluding hydrogens is 454 g/mol. The maximum absolute atomic E-state index is 14.7. The zero-order valence-corrected chi connectivity index (χ0v) is 19.9. The third-order valence-corrected chi connectivity index (χ3v) is 6.62. The van der Waals surface area contributed by atoms with Crippen LogP contribution in [0.25, 0.3) is 0 Å². The molecule has 0 spiro atoms. The number of carbonyl (C=O) groups is 3. The molecule has 186 valence electrons. The fraction of sp³-hybridized carbons (Fsp3) is 0.423. The molecular formula is C26H30F2N4O3. The lowest BCUT2D eigenvalue weighted by atomic mass is 10.0. The van der Waals surface area contributed by atoms with Crippen molar-refractivity contribution in [3.05, 3.63) is 59.2 Å². The number of carbonyl (C=O) groups excluding carboxylic acids is 3. The minimum absolute atomic E-state index is 0.0204. The number of likely N-dealkylation sites (tertiary alicyclic amines) is 1. The first-order chi connectivity index (χ1) is 16.7. The molecule has 0 radical (unpaired) electrons. The Bertz CT molecular complexity index is 1130. The second-order valence-corrected chi connectivity index (χ2v) is 9.34. The van der Waals surface area contributed by atoms with Crippen molar-refractivity contribution < 1.29 is 23.2 Å². The zero-order chi connectivity index (χ0) is 25.1. The Labute approximate surface area is 203 Å². The van der Waals surface area contributed by atoms with Crippen molar-refractivity contribution in [3.8, 4) is 0 Å². The quantitative estimate of drug-likeness (QED) is 0.651. The zero-order valence-electron chi connectivity index (χ0n) is 19.9. The van der Waals surface area contributed by atoms with Gasteiger partial charge in [-0.15, -0.1) is 0 Å². The normalized spacial score (nSPS) is 17.2. The summed E-state index contributed by atoms with van der Waals surface area (Å²) in [6.45, 7) is 6.42. The van der Waals surface area contributed by atoms with Crippen molar-refractivity contribution in [2.75, 3.05) is 29.9 Å². The molecule has 7 nitrogen and oxygen atoms in total. The summed E-state index contributed by atoms with van der Waals surface area (Å²) >= 11 is 0. The van der Waals surface area contributed by atoms with E-state index in [9.17, 15) is 23.2 Å². The Balaban J connectivity index is 1.51. The SMILES string of the molecule is CC(C)N1CCC(NC(=O)c2c(F)cc(F)cc2NC(=O)c2cccc(N3CCCC3=O)c2)CC1. The highest BCUT2D eigenvalue weighted by Gasteiger charge is 2.27. The minimum Gasteiger partial charge on any atom is -0.349 e. The van der Waals surface area contributed by atoms with Crippen LogP contribution in [0.4, 0.5) is 20.2 Å². The minimum atomic E-state index is -1.05. The highest BCUT2D eigenvalue weighted by atomic mass is 19.1. The molecule has 0 atom stereocenters. The fourth-order valence-electron chi connectivity index (χ4n) is 4.65. The van der Waals surface area contributed by atoms with Crippen molar-refractivity contribution in [2.24, 2.45) is 0 Å². The molecule has 2 aromatic rings. The highest BCUT2D eigenvalue weighted by Crippen LogP contribution is 2.25. The number of anilines is 2. The van der Waals surface area contributed by atoms with E-state index in [1.807, 2.05) is 0 Å². The number of amides is 3. The van der Waals surface area contributed by atoms with Gasteiger partial charge in [0.15, 0.2) is 0 Å². The smallest absolute Gasteiger partial charge is 0.256 e. The molecule has 0 unspecified atom stereocenters. The molecule has 2 fully saturated rings. The van der Waals surface area contributed by atoms with Gasteiger partial charge in [-0.2, -0.15) is 0 Å². The number of nitrogens with zero attached hydrogens (tertiary/aromatic N) is 2. The van der Waals surface area contributed by atoms with Crippen LogP contribution in [-0.4, -0.2) is 54.3 Å². The van der Waals surface area contributed by atoms with Gasteiger partial charge in [-0.1, -0.05) is 6.07 Å². The van der Waals surface area contributed by atoms with E-state index in [0.29, 0.717) is 30.8 Å². The molecule has 9 heteroatoms. The lowest BCUT2D eigenvalue weighted by molar-refractivity contribution is -0.117. The molecule has 35 heavy (non-hydrogen) atoms. The molecule has 3 amide bonds. The number of hydrogen-bond donors (Lipinski definition) is 2. The summed E-state index contributed by atoms with van der Waals surface area (Å²) in [5, 5.41) is 5.32. The van der Waals surface area contributed by atoms with Crippen molar-refractivity contribution in [1.82, 2.24) is 10.2 Å². The van der Waals surface area contributed by atoms with E-state index in [4.69, 9.17) is 0 Å². The average molecular weight is 485 g/mol. The molecule has 2 aliphatic rings. The van der Waals surface area contributed by atoms with E-state index in [1.54, 1.807) is 23.1 Å². The van der Waals surface area contributed by atoms with E-state index in [2.05, 4.69) is 29.4 Å². The Morgan fingerprint density at radius 3 is 2.43 bits per heavy atom. The molecule has 0 aliphatic carbocycles. The van der Waals surface area contributed by atoms with Crippen molar-refractivity contribution >= 4 is 29.1 Å². The van der Waals surface area contributed by atoms with E-state index in [1.165, 1.54) is 6.07 Å². The predicted octanol–water partition coefficient (Wildman–Crippen LogP) is 3.95. The predicted molar refractivity (Wildman–Crippen MR) is 130 cm³/mol. The Morgan fingerprint density at radius 1 is 1.03 bits per heavy atom. The second-order valence-electron chi connectivity index (χ2n) is 9.34. The van der Waals surface area contributed by atoms with Crippen LogP contribution in [0, 0.1) is 11.6 Å². The largest absolute Gasteiger partial charge is 0.349 e. The Kier molecular flexibility index (Phi) is 7.45. The second kappa shape index (κ2) is 10.5. The molecule has 2 aromatic carbocycles. The first kappa shape index (κ1) is 24.8. The van der Waals surface area contributed by atoms with Crippen LogP contribution in [0.1, 0.15) is 60.2 Å². The number of rotatable bonds is 6. The molecule has 0 aromatic heterocycles. The van der Waals surface area contributed by atoms with E-state index in [-0.39, 0.29) is 23.2 Å². The summed E-state index contributed by atoms with van der Waals surface area (Å²) in [6.07, 6.45) is 2.63. The van der Waals surface area contributed by atoms with Gasteiger partial charge in [0.05, 0.1) is 11.3 Å². The van der Waals surface area contributed by atoms with Gasteiger partial charge in [0.2, 0.25) is 5.91 Å². The average Bonchev–Trinajstić information content (AvgIpc) is 3.25. The van der Waals surface area contributed by atoms with Crippen LogP contribution in [-0.2, 0) is 4.79 Å². The van der Waals surface area contributed by atoms with Crippen molar-refractivity contribution in [3.63, 3.8) is 0 Å². The summed E-state index contributed by atoms with van der Waals surface area (Å²) in [5.41, 5.74) is 0.139. The molecule has 0 bridgehead atoms. The number of halogens is 2. The van der Waals surface area contributed by atoms with Crippen molar-refractivity contribution in [2.45, 2.75) is 51.6 Å². The standard InChI is InChI=1S/C26H30F2N4O3/c1-16(2)31-11-8-19(9-12-31)29-26(35)24-21(28)14-18(27)15-22(24)30-25(34)17-5-3-6-20(13-17)32-10-4-7-23(32)33/h3,5-6,13-16,19H,4,7-12H2,1-2H3,(H,29,35)(H,30,34). The van der Waals surface area contributed by atoms with Crippen LogP contribution >= 0.6 is 0 Å². The van der Waals surface area contributed by atoms with Crippen LogP contribution in [0.2, 0.25) is 0 Å². The lowest BCUT2D eigenvalue weighted by Gasteiger charge is -2.34. The van der Waals surface area contributed by atoms with E-state index < -0.39 is 29.0 Å². The van der Waals surface area contributed by atoms with Gasteiger partial charge < -0.3 is 20.4 Å². The number of nitrogens with one attached hydrogen (secondary N) is 2. The van der Waals surface area contributed by atoms with Crippen molar-refractivity contribution in [1.29, 1.82) is 0 Å². The van der Waals surface area contributed by atoms with E-state index >= 15 is 0 Å². The molecule has 2 saturated heterocycles. The van der Waals surface area contributed by atoms with Gasteiger partial charge in [0.1, 0.15) is 11.6 Å². The fourth-order valence-corrected chi connectivity index (χ4v) is 4.65. The van der Waals surface area contributed by atoms with E-state index in [0.717, 1.165) is 38.4 Å². The number of piperidine rings is 1. The summed E-state index contributed by atoms with van der Waals surface area (Å²) in [6, 6.07) is 8.29. The highest BCUT2D eigenvalue weighted by molar-refractivity contribution is 6.10. The van der Waals surface area contributed by atoms with Gasteiger partial charge in [0, 0.05) is 55.5 Å². The summed E-state index contributed by atoms with van der Waals surface area (Å²) < 4.78 is 28.8. The topological polar surface area (TPSA) is 81.8 Å². The third kappa shape index (κ3) is 5.67. The molecule has 2 heterocycles. The maximum Gasteiger partial charge on any atom is 0.256 e. The summed E-state index contributed by atoms with van der Waals surface area (Å²) in [4.78, 5) is 41.9. The first-order valence-electron chi connectivity index (χ1n) is 12.0. The molecule has 4 rings (SSSR count). The maximum atomic E-state index is 14.7. The number of benzene rings is 2. The molecule has 2 aliphatic heterocycles. The lowest BCUT2D eigenvalue weighted by Crippen LogP contribution is -2.46. The Hall–Kier alpha value is -3.33. The third-order valence-electron chi connectivity index (χ3n) is 6.62.